The maximum absolute atomic E-state index is 9.72. The number of nitrogens with two attached hydrogens (primary N) is 1. The van der Waals surface area contributed by atoms with E-state index in [0.717, 1.165) is 6.42 Å². The fourth-order valence-corrected chi connectivity index (χ4v) is 2.23. The van der Waals surface area contributed by atoms with Gasteiger partial charge < -0.3 is 16.2 Å². The Bertz CT molecular complexity index is 593. The average molecular weight is 307 g/mol. The van der Waals surface area contributed by atoms with Crippen LogP contribution in [0.3, 0.4) is 0 Å². The van der Waals surface area contributed by atoms with E-state index in [4.69, 9.17) is 17.3 Å². The van der Waals surface area contributed by atoms with Crippen LogP contribution in [-0.2, 0) is 6.42 Å². The second-order valence-corrected chi connectivity index (χ2v) is 5.78. The van der Waals surface area contributed by atoms with Crippen LogP contribution in [-0.4, -0.2) is 28.2 Å². The molecule has 0 spiro atoms. The lowest BCUT2D eigenvalue weighted by Crippen LogP contribution is -2.33. The first kappa shape index (κ1) is 15.5. The van der Waals surface area contributed by atoms with Gasteiger partial charge in [0.15, 0.2) is 0 Å². The van der Waals surface area contributed by atoms with Crippen molar-refractivity contribution < 1.29 is 5.11 Å². The number of halogens is 1. The van der Waals surface area contributed by atoms with Crippen molar-refractivity contribution in [3.8, 4) is 0 Å². The fourth-order valence-electron chi connectivity index (χ4n) is 2.07. The minimum absolute atomic E-state index is 0.0487. The van der Waals surface area contributed by atoms with E-state index >= 15 is 0 Å². The maximum atomic E-state index is 9.72. The molecular formula is C15H19ClN4O. The van der Waals surface area contributed by atoms with Gasteiger partial charge in [-0.25, -0.2) is 9.97 Å². The molecule has 1 aromatic carbocycles. The molecule has 0 bridgehead atoms. The van der Waals surface area contributed by atoms with Crippen molar-refractivity contribution >= 4 is 23.2 Å². The molecule has 1 aromatic heterocycles. The lowest BCUT2D eigenvalue weighted by Gasteiger charge is -2.28. The van der Waals surface area contributed by atoms with E-state index in [9.17, 15) is 5.11 Å². The van der Waals surface area contributed by atoms with Crippen molar-refractivity contribution in [3.63, 3.8) is 0 Å². The van der Waals surface area contributed by atoms with E-state index in [1.165, 1.54) is 11.9 Å². The molecule has 1 unspecified atom stereocenters. The molecule has 4 N–H and O–H groups in total. The minimum Gasteiger partial charge on any atom is -0.396 e. The third kappa shape index (κ3) is 4.06. The largest absolute Gasteiger partial charge is 0.396 e. The van der Waals surface area contributed by atoms with E-state index < -0.39 is 0 Å². The van der Waals surface area contributed by atoms with Gasteiger partial charge in [-0.2, -0.15) is 0 Å². The number of anilines is 2. The minimum atomic E-state index is -0.329. The summed E-state index contributed by atoms with van der Waals surface area (Å²) in [6, 6.07) is 10.0. The number of nitrogens with one attached hydrogen (secondary N) is 1. The molecule has 0 amide bonds. The summed E-state index contributed by atoms with van der Waals surface area (Å²) in [4.78, 5) is 7.88. The van der Waals surface area contributed by atoms with Gasteiger partial charge in [0.2, 0.25) is 0 Å². The molecule has 1 atom stereocenters. The Labute approximate surface area is 129 Å². The number of nitrogen functional groups attached to an aromatic ring is 1. The summed E-state index contributed by atoms with van der Waals surface area (Å²) in [6.45, 7) is 2.58. The summed E-state index contributed by atoms with van der Waals surface area (Å²) in [6.07, 6.45) is 2.10. The standard InChI is InChI=1S/C15H19ClN4O/c1-15(9-21,7-11-5-3-2-4-6-11)8-18-14-12(16)13(17)19-10-20-14/h2-6,10,21H,7-9H2,1H3,(H3,17,18,19,20). The predicted molar refractivity (Wildman–Crippen MR) is 85.3 cm³/mol. The second kappa shape index (κ2) is 6.74. The van der Waals surface area contributed by atoms with E-state index in [1.807, 2.05) is 37.3 Å². The van der Waals surface area contributed by atoms with Crippen LogP contribution in [0.1, 0.15) is 12.5 Å². The molecule has 21 heavy (non-hydrogen) atoms. The van der Waals surface area contributed by atoms with Gasteiger partial charge in [-0.3, -0.25) is 0 Å². The number of benzene rings is 1. The van der Waals surface area contributed by atoms with Gasteiger partial charge in [0.25, 0.3) is 0 Å². The van der Waals surface area contributed by atoms with Crippen LogP contribution in [0.2, 0.25) is 5.02 Å². The highest BCUT2D eigenvalue weighted by molar-refractivity contribution is 6.35. The van der Waals surface area contributed by atoms with Crippen molar-refractivity contribution in [1.82, 2.24) is 9.97 Å². The Morgan fingerprint density at radius 1 is 1.29 bits per heavy atom. The molecule has 0 radical (unpaired) electrons. The molecule has 1 heterocycles. The third-order valence-corrected chi connectivity index (χ3v) is 3.73. The molecule has 6 heteroatoms. The van der Waals surface area contributed by atoms with Crippen molar-refractivity contribution in [1.29, 1.82) is 0 Å². The Morgan fingerprint density at radius 3 is 2.67 bits per heavy atom. The quantitative estimate of drug-likeness (QED) is 0.763. The summed E-state index contributed by atoms with van der Waals surface area (Å²) in [5.41, 5.74) is 6.49. The zero-order valence-corrected chi connectivity index (χ0v) is 12.6. The van der Waals surface area contributed by atoms with Crippen molar-refractivity contribution in [2.45, 2.75) is 13.3 Å². The number of rotatable bonds is 6. The van der Waals surface area contributed by atoms with E-state index in [0.29, 0.717) is 17.4 Å². The van der Waals surface area contributed by atoms with Crippen LogP contribution in [0, 0.1) is 5.41 Å². The lowest BCUT2D eigenvalue weighted by atomic mass is 9.84. The second-order valence-electron chi connectivity index (χ2n) is 5.41. The molecule has 2 rings (SSSR count). The summed E-state index contributed by atoms with van der Waals surface area (Å²) in [5.74, 6) is 0.722. The zero-order valence-electron chi connectivity index (χ0n) is 11.9. The maximum Gasteiger partial charge on any atom is 0.150 e. The molecule has 0 aliphatic heterocycles. The van der Waals surface area contributed by atoms with Gasteiger partial charge in [-0.1, -0.05) is 48.9 Å². The Morgan fingerprint density at radius 2 is 2.00 bits per heavy atom. The van der Waals surface area contributed by atoms with Gasteiger partial charge in [0.05, 0.1) is 6.61 Å². The molecule has 0 saturated heterocycles. The van der Waals surface area contributed by atoms with Gasteiger partial charge in [0.1, 0.15) is 23.0 Å². The van der Waals surface area contributed by atoms with Crippen LogP contribution in [0.15, 0.2) is 36.7 Å². The van der Waals surface area contributed by atoms with Crippen LogP contribution in [0.25, 0.3) is 0 Å². The highest BCUT2D eigenvalue weighted by atomic mass is 35.5. The Hall–Kier alpha value is -1.85. The molecule has 0 fully saturated rings. The number of aliphatic hydroxyl groups excluding tert-OH is 1. The smallest absolute Gasteiger partial charge is 0.150 e. The van der Waals surface area contributed by atoms with Gasteiger partial charge in [-0.05, 0) is 12.0 Å². The average Bonchev–Trinajstić information content (AvgIpc) is 2.50. The molecule has 5 nitrogen and oxygen atoms in total. The lowest BCUT2D eigenvalue weighted by molar-refractivity contribution is 0.153. The molecule has 112 valence electrons. The highest BCUT2D eigenvalue weighted by Crippen LogP contribution is 2.27. The van der Waals surface area contributed by atoms with Gasteiger partial charge >= 0.3 is 0 Å². The number of nitrogens with zero attached hydrogens (tertiary/aromatic N) is 2. The normalized spacial score (nSPS) is 13.7. The Kier molecular flexibility index (Phi) is 4.98. The van der Waals surface area contributed by atoms with Gasteiger partial charge in [-0.15, -0.1) is 0 Å². The number of hydrogen-bond donors (Lipinski definition) is 3. The van der Waals surface area contributed by atoms with Gasteiger partial charge in [0, 0.05) is 12.0 Å². The van der Waals surface area contributed by atoms with Crippen LogP contribution < -0.4 is 11.1 Å². The van der Waals surface area contributed by atoms with Crippen molar-refractivity contribution in [2.24, 2.45) is 5.41 Å². The number of hydrogen-bond acceptors (Lipinski definition) is 5. The molecular weight excluding hydrogens is 288 g/mol. The first-order chi connectivity index (χ1) is 10.0. The first-order valence-electron chi connectivity index (χ1n) is 6.69. The molecule has 2 aromatic rings. The predicted octanol–water partition coefficient (Wildman–Crippen LogP) is 2.37. The van der Waals surface area contributed by atoms with Crippen LogP contribution in [0.4, 0.5) is 11.6 Å². The Balaban J connectivity index is 2.06. The summed E-state index contributed by atoms with van der Waals surface area (Å²) in [5, 5.41) is 13.2. The number of aliphatic hydroxyl groups is 1. The first-order valence-corrected chi connectivity index (χ1v) is 7.06. The number of aromatic nitrogens is 2. The van der Waals surface area contributed by atoms with Crippen LogP contribution in [0.5, 0.6) is 0 Å². The summed E-state index contributed by atoms with van der Waals surface area (Å²) >= 11 is 6.05. The van der Waals surface area contributed by atoms with E-state index in [2.05, 4.69) is 15.3 Å². The van der Waals surface area contributed by atoms with Crippen LogP contribution >= 0.6 is 11.6 Å². The molecule has 0 aliphatic rings. The fraction of sp³-hybridized carbons (Fsp3) is 0.333. The third-order valence-electron chi connectivity index (χ3n) is 3.35. The summed E-state index contributed by atoms with van der Waals surface area (Å²) < 4.78 is 0. The molecule has 0 aliphatic carbocycles. The van der Waals surface area contributed by atoms with Crippen molar-refractivity contribution in [3.05, 3.63) is 47.2 Å². The monoisotopic (exact) mass is 306 g/mol. The molecule has 0 saturated carbocycles. The SMILES string of the molecule is CC(CO)(CNc1ncnc(N)c1Cl)Cc1ccccc1. The van der Waals surface area contributed by atoms with E-state index in [-0.39, 0.29) is 17.8 Å². The zero-order chi connectivity index (χ0) is 15.3. The van der Waals surface area contributed by atoms with Crippen molar-refractivity contribution in [2.75, 3.05) is 24.2 Å². The summed E-state index contributed by atoms with van der Waals surface area (Å²) in [7, 11) is 0. The highest BCUT2D eigenvalue weighted by Gasteiger charge is 2.24. The van der Waals surface area contributed by atoms with E-state index in [1.54, 1.807) is 0 Å². The topological polar surface area (TPSA) is 84.1 Å².